The van der Waals surface area contributed by atoms with Gasteiger partial charge in [-0.3, -0.25) is 4.79 Å². The first-order valence-electron chi connectivity index (χ1n) is 4.72. The van der Waals surface area contributed by atoms with Crippen molar-refractivity contribution in [1.29, 1.82) is 0 Å². The Morgan fingerprint density at radius 1 is 1.50 bits per heavy atom. The summed E-state index contributed by atoms with van der Waals surface area (Å²) >= 11 is 1.24. The van der Waals surface area contributed by atoms with Gasteiger partial charge in [0.25, 0.3) is 0 Å². The van der Waals surface area contributed by atoms with Gasteiger partial charge in [0.2, 0.25) is 0 Å². The largest absolute Gasteiger partial charge is 0.469 e. The molecule has 0 aliphatic rings. The first-order chi connectivity index (χ1) is 7.65. The molecular formula is C10H13NO4S. The summed E-state index contributed by atoms with van der Waals surface area (Å²) in [6.07, 6.45) is 0.688. The zero-order valence-corrected chi connectivity index (χ0v) is 9.71. The molecule has 0 spiro atoms. The molecular weight excluding hydrogens is 230 g/mol. The molecule has 1 rings (SSSR count). The Hall–Kier alpha value is -1.56. The summed E-state index contributed by atoms with van der Waals surface area (Å²) in [6, 6.07) is 1.65. The smallest absolute Gasteiger partial charge is 0.350 e. The van der Waals surface area contributed by atoms with Gasteiger partial charge in [-0.05, 0) is 17.9 Å². The molecule has 0 saturated heterocycles. The van der Waals surface area contributed by atoms with Gasteiger partial charge < -0.3 is 15.2 Å². The number of methoxy groups -OCH3 is 1. The molecule has 0 aliphatic carbocycles. The van der Waals surface area contributed by atoms with Crippen LogP contribution in [0.2, 0.25) is 0 Å². The van der Waals surface area contributed by atoms with E-state index in [2.05, 4.69) is 4.74 Å². The standard InChI is InChI=1S/C10H13NO4S/c1-14-8(12)3-2-5-15-10(13)9-7(11)4-6-16-9/h4,6H,2-3,5,11H2,1H3. The van der Waals surface area contributed by atoms with E-state index in [9.17, 15) is 9.59 Å². The van der Waals surface area contributed by atoms with Gasteiger partial charge in [0.05, 0.1) is 19.4 Å². The predicted octanol–water partition coefficient (Wildman–Crippen LogP) is 1.44. The number of anilines is 1. The summed E-state index contributed by atoms with van der Waals surface area (Å²) in [6.45, 7) is 0.186. The van der Waals surface area contributed by atoms with E-state index in [4.69, 9.17) is 10.5 Å². The van der Waals surface area contributed by atoms with Gasteiger partial charge in [-0.15, -0.1) is 11.3 Å². The van der Waals surface area contributed by atoms with Crippen LogP contribution in [0.3, 0.4) is 0 Å². The molecule has 0 aliphatic heterocycles. The molecule has 5 nitrogen and oxygen atoms in total. The minimum absolute atomic E-state index is 0.186. The number of carbonyl (C=O) groups excluding carboxylic acids is 2. The van der Waals surface area contributed by atoms with E-state index < -0.39 is 5.97 Å². The van der Waals surface area contributed by atoms with Gasteiger partial charge in [0.15, 0.2) is 0 Å². The molecule has 88 valence electrons. The predicted molar refractivity (Wildman–Crippen MR) is 60.3 cm³/mol. The van der Waals surface area contributed by atoms with Gasteiger partial charge in [0.1, 0.15) is 4.88 Å². The Balaban J connectivity index is 2.26. The van der Waals surface area contributed by atoms with Crippen molar-refractivity contribution in [2.24, 2.45) is 0 Å². The number of nitrogen functional groups attached to an aromatic ring is 1. The maximum Gasteiger partial charge on any atom is 0.350 e. The molecule has 0 bridgehead atoms. The molecule has 0 amide bonds. The van der Waals surface area contributed by atoms with Crippen molar-refractivity contribution in [2.75, 3.05) is 19.5 Å². The lowest BCUT2D eigenvalue weighted by molar-refractivity contribution is -0.140. The van der Waals surface area contributed by atoms with E-state index in [1.807, 2.05) is 0 Å². The van der Waals surface area contributed by atoms with Crippen molar-refractivity contribution in [3.63, 3.8) is 0 Å². The summed E-state index contributed by atoms with van der Waals surface area (Å²) in [4.78, 5) is 22.6. The zero-order chi connectivity index (χ0) is 12.0. The molecule has 0 aromatic carbocycles. The molecule has 0 radical (unpaired) electrons. The van der Waals surface area contributed by atoms with Crippen molar-refractivity contribution in [3.05, 3.63) is 16.3 Å². The number of hydrogen-bond donors (Lipinski definition) is 1. The number of ether oxygens (including phenoxy) is 2. The topological polar surface area (TPSA) is 78.6 Å². The number of hydrogen-bond acceptors (Lipinski definition) is 6. The molecule has 1 heterocycles. The maximum atomic E-state index is 11.4. The van der Waals surface area contributed by atoms with Gasteiger partial charge in [0, 0.05) is 6.42 Å². The number of esters is 2. The highest BCUT2D eigenvalue weighted by atomic mass is 32.1. The van der Waals surface area contributed by atoms with Crippen molar-refractivity contribution < 1.29 is 19.1 Å². The third-order valence-electron chi connectivity index (χ3n) is 1.87. The van der Waals surface area contributed by atoms with E-state index in [0.717, 1.165) is 0 Å². The fourth-order valence-electron chi connectivity index (χ4n) is 1.03. The SMILES string of the molecule is COC(=O)CCCOC(=O)c1sccc1N. The Morgan fingerprint density at radius 2 is 2.25 bits per heavy atom. The Bertz CT molecular complexity index is 375. The minimum atomic E-state index is -0.447. The van der Waals surface area contributed by atoms with Gasteiger partial charge in [-0.1, -0.05) is 0 Å². The summed E-state index contributed by atoms with van der Waals surface area (Å²) in [5.74, 6) is -0.760. The van der Waals surface area contributed by atoms with Crippen molar-refractivity contribution in [1.82, 2.24) is 0 Å². The van der Waals surface area contributed by atoms with Gasteiger partial charge in [-0.2, -0.15) is 0 Å². The molecule has 0 unspecified atom stereocenters. The molecule has 1 aromatic heterocycles. The van der Waals surface area contributed by atoms with Crippen LogP contribution in [-0.4, -0.2) is 25.7 Å². The van der Waals surface area contributed by atoms with Crippen LogP contribution in [0.25, 0.3) is 0 Å². The molecule has 2 N–H and O–H groups in total. The Kier molecular flexibility index (Phi) is 4.78. The monoisotopic (exact) mass is 243 g/mol. The molecule has 1 aromatic rings. The summed E-state index contributed by atoms with van der Waals surface area (Å²) in [5, 5.41) is 1.72. The van der Waals surface area contributed by atoms with Crippen molar-refractivity contribution in [3.8, 4) is 0 Å². The highest BCUT2D eigenvalue weighted by Gasteiger charge is 2.12. The number of nitrogens with two attached hydrogens (primary N) is 1. The third-order valence-corrected chi connectivity index (χ3v) is 2.78. The summed E-state index contributed by atoms with van der Waals surface area (Å²) < 4.78 is 9.40. The number of carbonyl (C=O) groups is 2. The highest BCUT2D eigenvalue weighted by molar-refractivity contribution is 7.12. The minimum Gasteiger partial charge on any atom is -0.469 e. The van der Waals surface area contributed by atoms with E-state index >= 15 is 0 Å². The lowest BCUT2D eigenvalue weighted by atomic mass is 10.3. The quantitative estimate of drug-likeness (QED) is 0.625. The third kappa shape index (κ3) is 3.54. The van der Waals surface area contributed by atoms with Crippen molar-refractivity contribution in [2.45, 2.75) is 12.8 Å². The number of thiophene rings is 1. The van der Waals surface area contributed by atoms with Gasteiger partial charge >= 0.3 is 11.9 Å². The average molecular weight is 243 g/mol. The Morgan fingerprint density at radius 3 is 2.81 bits per heavy atom. The van der Waals surface area contributed by atoms with Crippen LogP contribution < -0.4 is 5.73 Å². The average Bonchev–Trinajstić information content (AvgIpc) is 2.70. The van der Waals surface area contributed by atoms with Crippen LogP contribution in [0.1, 0.15) is 22.5 Å². The van der Waals surface area contributed by atoms with Crippen molar-refractivity contribution >= 4 is 29.0 Å². The Labute approximate surface area is 97.2 Å². The molecule has 6 heteroatoms. The van der Waals surface area contributed by atoms with Crippen LogP contribution in [-0.2, 0) is 14.3 Å². The fraction of sp³-hybridized carbons (Fsp3) is 0.400. The van der Waals surface area contributed by atoms with E-state index in [1.165, 1.54) is 18.4 Å². The first-order valence-corrected chi connectivity index (χ1v) is 5.60. The number of rotatable bonds is 5. The van der Waals surface area contributed by atoms with E-state index in [-0.39, 0.29) is 19.0 Å². The fourth-order valence-corrected chi connectivity index (χ4v) is 1.74. The van der Waals surface area contributed by atoms with Crippen LogP contribution >= 0.6 is 11.3 Å². The molecule has 0 saturated carbocycles. The zero-order valence-electron chi connectivity index (χ0n) is 8.89. The lowest BCUT2D eigenvalue weighted by Crippen LogP contribution is -2.08. The second-order valence-electron chi connectivity index (χ2n) is 3.02. The van der Waals surface area contributed by atoms with Gasteiger partial charge in [-0.25, -0.2) is 4.79 Å². The normalized spacial score (nSPS) is 9.81. The lowest BCUT2D eigenvalue weighted by Gasteiger charge is -2.03. The second-order valence-corrected chi connectivity index (χ2v) is 3.94. The van der Waals surface area contributed by atoms with E-state index in [0.29, 0.717) is 17.0 Å². The molecule has 16 heavy (non-hydrogen) atoms. The van der Waals surface area contributed by atoms with Crippen LogP contribution in [0, 0.1) is 0 Å². The van der Waals surface area contributed by atoms with E-state index in [1.54, 1.807) is 11.4 Å². The van der Waals surface area contributed by atoms with Crippen LogP contribution in [0.15, 0.2) is 11.4 Å². The summed E-state index contributed by atoms with van der Waals surface area (Å²) in [5.41, 5.74) is 5.97. The molecule has 0 fully saturated rings. The first kappa shape index (κ1) is 12.5. The second kappa shape index (κ2) is 6.12. The van der Waals surface area contributed by atoms with Crippen LogP contribution in [0.5, 0.6) is 0 Å². The van der Waals surface area contributed by atoms with Crippen LogP contribution in [0.4, 0.5) is 5.69 Å². The molecule has 0 atom stereocenters. The highest BCUT2D eigenvalue weighted by Crippen LogP contribution is 2.19. The maximum absolute atomic E-state index is 11.4. The summed E-state index contributed by atoms with van der Waals surface area (Å²) in [7, 11) is 1.32.